The van der Waals surface area contributed by atoms with E-state index in [1.165, 1.54) is 10.0 Å². The van der Waals surface area contributed by atoms with Crippen LogP contribution in [-0.4, -0.2) is 25.5 Å². The van der Waals surface area contributed by atoms with Crippen molar-refractivity contribution in [3.63, 3.8) is 0 Å². The van der Waals surface area contributed by atoms with Crippen molar-refractivity contribution in [3.05, 3.63) is 23.8 Å². The molecule has 1 aromatic carbocycles. The SMILES string of the molecule is COc1ccc([CH2][Sn]([CH3])([CH3])[CH3])cc1S. The molecule has 1 aromatic rings. The molecule has 78 valence electrons. The Balaban J connectivity index is 2.87. The van der Waals surface area contributed by atoms with Crippen LogP contribution < -0.4 is 4.74 Å². The van der Waals surface area contributed by atoms with Crippen LogP contribution in [0.1, 0.15) is 5.56 Å². The van der Waals surface area contributed by atoms with E-state index in [0.29, 0.717) is 0 Å². The number of ether oxygens (including phenoxy) is 1. The van der Waals surface area contributed by atoms with E-state index in [4.69, 9.17) is 4.74 Å². The van der Waals surface area contributed by atoms with Crippen molar-refractivity contribution < 1.29 is 4.74 Å². The van der Waals surface area contributed by atoms with Crippen molar-refractivity contribution in [1.82, 2.24) is 0 Å². The second kappa shape index (κ2) is 4.79. The van der Waals surface area contributed by atoms with Gasteiger partial charge in [-0.15, -0.1) is 0 Å². The van der Waals surface area contributed by atoms with Crippen LogP contribution in [0.15, 0.2) is 23.1 Å². The zero-order valence-corrected chi connectivity index (χ0v) is 13.0. The Morgan fingerprint density at radius 2 is 1.93 bits per heavy atom. The van der Waals surface area contributed by atoms with Gasteiger partial charge in [-0.25, -0.2) is 0 Å². The van der Waals surface area contributed by atoms with E-state index in [9.17, 15) is 0 Å². The average Bonchev–Trinajstić information content (AvgIpc) is 2.01. The first-order chi connectivity index (χ1) is 6.42. The van der Waals surface area contributed by atoms with Crippen LogP contribution in [0.4, 0.5) is 0 Å². The summed E-state index contributed by atoms with van der Waals surface area (Å²) in [4.78, 5) is 8.27. The first-order valence-corrected chi connectivity index (χ1v) is 15.8. The number of thiol groups is 1. The summed E-state index contributed by atoms with van der Waals surface area (Å²) in [5.41, 5.74) is 1.40. The summed E-state index contributed by atoms with van der Waals surface area (Å²) >= 11 is 2.69. The van der Waals surface area contributed by atoms with Gasteiger partial charge in [0, 0.05) is 0 Å². The molecule has 0 amide bonds. The van der Waals surface area contributed by atoms with Gasteiger partial charge >= 0.3 is 96.5 Å². The van der Waals surface area contributed by atoms with Crippen molar-refractivity contribution in [1.29, 1.82) is 0 Å². The minimum absolute atomic E-state index is 0.862. The van der Waals surface area contributed by atoms with E-state index >= 15 is 0 Å². The third-order valence-electron chi connectivity index (χ3n) is 1.98. The van der Waals surface area contributed by atoms with Crippen molar-refractivity contribution in [2.24, 2.45) is 0 Å². The number of rotatable bonds is 3. The van der Waals surface area contributed by atoms with E-state index < -0.39 is 18.4 Å². The van der Waals surface area contributed by atoms with Gasteiger partial charge in [0.15, 0.2) is 0 Å². The van der Waals surface area contributed by atoms with Crippen LogP contribution in [0, 0.1) is 0 Å². The minimum atomic E-state index is -1.71. The van der Waals surface area contributed by atoms with Crippen LogP contribution in [-0.2, 0) is 4.44 Å². The molecule has 0 saturated heterocycles. The zero-order chi connectivity index (χ0) is 10.8. The molecule has 0 fully saturated rings. The fourth-order valence-corrected chi connectivity index (χ4v) is 5.91. The molecule has 0 aromatic heterocycles. The molecule has 3 heteroatoms. The average molecular weight is 317 g/mol. The molecule has 0 aliphatic heterocycles. The van der Waals surface area contributed by atoms with E-state index in [1.54, 1.807) is 7.11 Å². The second-order valence-electron chi connectivity index (χ2n) is 4.74. The molecule has 0 bridgehead atoms. The third-order valence-corrected chi connectivity index (χ3v) is 6.52. The van der Waals surface area contributed by atoms with E-state index in [2.05, 4.69) is 39.6 Å². The molecular weight excluding hydrogens is 299 g/mol. The molecule has 14 heavy (non-hydrogen) atoms. The topological polar surface area (TPSA) is 9.23 Å². The summed E-state index contributed by atoms with van der Waals surface area (Å²) in [5, 5.41) is 0. The number of hydrogen-bond donors (Lipinski definition) is 1. The Kier molecular flexibility index (Phi) is 4.19. The predicted octanol–water partition coefficient (Wildman–Crippen LogP) is 3.40. The molecule has 0 radical (unpaired) electrons. The maximum absolute atomic E-state index is 5.17. The van der Waals surface area contributed by atoms with Crippen LogP contribution in [0.3, 0.4) is 0 Å². The summed E-state index contributed by atoms with van der Waals surface area (Å²) in [6, 6.07) is 6.29. The van der Waals surface area contributed by atoms with Crippen LogP contribution in [0.2, 0.25) is 14.8 Å². The van der Waals surface area contributed by atoms with Crippen LogP contribution >= 0.6 is 12.6 Å². The summed E-state index contributed by atoms with van der Waals surface area (Å²) in [7, 11) is 1.68. The summed E-state index contributed by atoms with van der Waals surface area (Å²) in [6.07, 6.45) is 0. The molecule has 0 atom stereocenters. The second-order valence-corrected chi connectivity index (χ2v) is 20.9. The maximum atomic E-state index is 5.17. The molecule has 1 nitrogen and oxygen atoms in total. The van der Waals surface area contributed by atoms with Gasteiger partial charge < -0.3 is 0 Å². The summed E-state index contributed by atoms with van der Waals surface area (Å²) < 4.78 is 6.44. The first kappa shape index (κ1) is 12.2. The predicted molar refractivity (Wildman–Crippen MR) is 67.3 cm³/mol. The van der Waals surface area contributed by atoms with E-state index in [-0.39, 0.29) is 0 Å². The van der Waals surface area contributed by atoms with Crippen molar-refractivity contribution in [3.8, 4) is 5.75 Å². The monoisotopic (exact) mass is 318 g/mol. The van der Waals surface area contributed by atoms with E-state index in [1.807, 2.05) is 6.07 Å². The van der Waals surface area contributed by atoms with Crippen LogP contribution in [0.5, 0.6) is 5.75 Å². The first-order valence-electron chi connectivity index (χ1n) is 4.78. The molecule has 0 aliphatic carbocycles. The van der Waals surface area contributed by atoms with Gasteiger partial charge in [-0.2, -0.15) is 0 Å². The number of methoxy groups -OCH3 is 1. The van der Waals surface area contributed by atoms with Crippen molar-refractivity contribution in [2.45, 2.75) is 24.2 Å². The Morgan fingerprint density at radius 1 is 1.29 bits per heavy atom. The van der Waals surface area contributed by atoms with Gasteiger partial charge in [-0.3, -0.25) is 0 Å². The fraction of sp³-hybridized carbons (Fsp3) is 0.455. The Morgan fingerprint density at radius 3 is 2.36 bits per heavy atom. The molecular formula is C11H18OSSn. The van der Waals surface area contributed by atoms with Gasteiger partial charge in [-0.05, 0) is 0 Å². The van der Waals surface area contributed by atoms with Gasteiger partial charge in [0.25, 0.3) is 0 Å². The molecule has 0 saturated carbocycles. The van der Waals surface area contributed by atoms with Gasteiger partial charge in [0.05, 0.1) is 0 Å². The Labute approximate surface area is 96.1 Å². The third kappa shape index (κ3) is 3.73. The number of benzene rings is 1. The fourth-order valence-electron chi connectivity index (χ4n) is 1.46. The number of hydrogen-bond acceptors (Lipinski definition) is 2. The van der Waals surface area contributed by atoms with Gasteiger partial charge in [0.1, 0.15) is 0 Å². The van der Waals surface area contributed by atoms with Crippen molar-refractivity contribution >= 4 is 31.0 Å². The molecule has 0 spiro atoms. The Bertz CT molecular complexity index is 318. The Hall–Kier alpha value is 0.169. The van der Waals surface area contributed by atoms with E-state index in [0.717, 1.165) is 10.6 Å². The normalized spacial score (nSPS) is 11.5. The van der Waals surface area contributed by atoms with Gasteiger partial charge in [0.2, 0.25) is 0 Å². The van der Waals surface area contributed by atoms with Gasteiger partial charge in [-0.1, -0.05) is 0 Å². The molecule has 0 aliphatic rings. The van der Waals surface area contributed by atoms with Crippen molar-refractivity contribution in [2.75, 3.05) is 7.11 Å². The molecule has 0 unspecified atom stereocenters. The molecule has 1 rings (SSSR count). The summed E-state index contributed by atoms with van der Waals surface area (Å²) in [6.45, 7) is 0. The summed E-state index contributed by atoms with van der Waals surface area (Å²) in [5.74, 6) is 0.862. The molecule has 0 heterocycles. The standard InChI is InChI=1S/C8H9OS.3CH3.Sn/c1-6-3-4-7(9-2)8(10)5-6;;;;/h3-5,10H,1H2,2H3;3*1H3;. The zero-order valence-electron chi connectivity index (χ0n) is 9.29. The quantitative estimate of drug-likeness (QED) is 0.664. The molecule has 0 N–H and O–H groups in total. The van der Waals surface area contributed by atoms with Crippen LogP contribution in [0.25, 0.3) is 0 Å².